The Morgan fingerprint density at radius 1 is 0.875 bits per heavy atom. The normalized spacial score (nSPS) is 26.8. The molecule has 2 fully saturated rings. The van der Waals surface area contributed by atoms with Crippen molar-refractivity contribution >= 4 is 19.0 Å². The summed E-state index contributed by atoms with van der Waals surface area (Å²) >= 11 is 1.71. The van der Waals surface area contributed by atoms with Crippen LogP contribution in [0.2, 0.25) is 0 Å². The van der Waals surface area contributed by atoms with Crippen LogP contribution in [0.4, 0.5) is 0 Å². The Morgan fingerprint density at radius 2 is 1.44 bits per heavy atom. The highest BCUT2D eigenvalue weighted by Gasteiger charge is 2.23. The lowest BCUT2D eigenvalue weighted by molar-refractivity contribution is 0.162. The zero-order valence-corrected chi connectivity index (χ0v) is 11.6. The molecule has 0 amide bonds. The highest BCUT2D eigenvalue weighted by atomic mass is 32.7. The largest absolute Gasteiger partial charge is 0.342 e. The summed E-state index contributed by atoms with van der Waals surface area (Å²) < 4.78 is 5.78. The maximum Gasteiger partial charge on any atom is 0.235 e. The molecule has 2 nitrogen and oxygen atoms in total. The smallest absolute Gasteiger partial charge is 0.235 e. The van der Waals surface area contributed by atoms with Crippen LogP contribution < -0.4 is 0 Å². The van der Waals surface area contributed by atoms with Crippen molar-refractivity contribution in [3.05, 3.63) is 0 Å². The Hall–Kier alpha value is 0.700. The van der Waals surface area contributed by atoms with E-state index in [1.807, 2.05) is 0 Å². The van der Waals surface area contributed by atoms with Gasteiger partial charge in [-0.25, -0.2) is 0 Å². The van der Waals surface area contributed by atoms with Crippen LogP contribution in [0, 0.1) is 0 Å². The summed E-state index contributed by atoms with van der Waals surface area (Å²) in [4.78, 5) is 9.96. The molecule has 4 heteroatoms. The van der Waals surface area contributed by atoms with Crippen molar-refractivity contribution in [2.75, 3.05) is 0 Å². The molecule has 0 spiro atoms. The van der Waals surface area contributed by atoms with Gasteiger partial charge in [-0.2, -0.15) is 0 Å². The second kappa shape index (κ2) is 7.20. The summed E-state index contributed by atoms with van der Waals surface area (Å²) in [7, 11) is -1.21. The monoisotopic (exact) mass is 262 g/mol. The van der Waals surface area contributed by atoms with Gasteiger partial charge in [0.2, 0.25) is 7.58 Å². The van der Waals surface area contributed by atoms with E-state index >= 15 is 0 Å². The van der Waals surface area contributed by atoms with Crippen molar-refractivity contribution < 1.29 is 9.42 Å². The average Bonchev–Trinajstić information content (AvgIpc) is 2.31. The molecule has 2 rings (SSSR count). The fourth-order valence-corrected chi connectivity index (χ4v) is 5.85. The minimum absolute atomic E-state index is 0.348. The lowest BCUT2D eigenvalue weighted by atomic mass is 9.98. The Bertz CT molecular complexity index is 171. The van der Waals surface area contributed by atoms with E-state index in [2.05, 4.69) is 0 Å². The molecule has 0 bridgehead atoms. The fraction of sp³-hybridized carbons (Fsp3) is 1.00. The van der Waals surface area contributed by atoms with Gasteiger partial charge in [-0.3, -0.25) is 0 Å². The molecule has 0 saturated heterocycles. The van der Waals surface area contributed by atoms with Crippen LogP contribution in [-0.2, 0) is 4.52 Å². The van der Waals surface area contributed by atoms with E-state index in [1.54, 1.807) is 11.4 Å². The van der Waals surface area contributed by atoms with E-state index in [4.69, 9.17) is 4.52 Å². The first-order valence-corrected chi connectivity index (χ1v) is 9.37. The van der Waals surface area contributed by atoms with Gasteiger partial charge in [0.05, 0.1) is 6.10 Å². The SMILES string of the molecule is OP(OC1CCCCC1)SC1CCCCC1. The van der Waals surface area contributed by atoms with Crippen LogP contribution in [0.5, 0.6) is 0 Å². The van der Waals surface area contributed by atoms with E-state index in [9.17, 15) is 4.89 Å². The molecule has 94 valence electrons. The minimum atomic E-state index is -1.21. The first kappa shape index (κ1) is 13.1. The van der Waals surface area contributed by atoms with Crippen LogP contribution >= 0.6 is 19.0 Å². The van der Waals surface area contributed by atoms with E-state index in [1.165, 1.54) is 51.4 Å². The van der Waals surface area contributed by atoms with Crippen molar-refractivity contribution in [1.82, 2.24) is 0 Å². The van der Waals surface area contributed by atoms with Crippen molar-refractivity contribution in [2.45, 2.75) is 75.6 Å². The molecule has 0 aromatic carbocycles. The van der Waals surface area contributed by atoms with Gasteiger partial charge < -0.3 is 9.42 Å². The molecule has 16 heavy (non-hydrogen) atoms. The molecular formula is C12H23O2PS. The zero-order valence-electron chi connectivity index (χ0n) is 9.94. The molecule has 1 N–H and O–H groups in total. The summed E-state index contributed by atoms with van der Waals surface area (Å²) in [6.45, 7) is 0. The average molecular weight is 262 g/mol. The third-order valence-corrected chi connectivity index (χ3v) is 6.70. The topological polar surface area (TPSA) is 29.5 Å². The van der Waals surface area contributed by atoms with E-state index < -0.39 is 7.58 Å². The van der Waals surface area contributed by atoms with Gasteiger partial charge in [0, 0.05) is 5.25 Å². The van der Waals surface area contributed by atoms with Gasteiger partial charge in [-0.15, -0.1) is 0 Å². The lowest BCUT2D eigenvalue weighted by Gasteiger charge is -2.27. The summed E-state index contributed by atoms with van der Waals surface area (Å²) in [5, 5.41) is 0.661. The summed E-state index contributed by atoms with van der Waals surface area (Å²) in [6.07, 6.45) is 13.2. The van der Waals surface area contributed by atoms with Gasteiger partial charge in [0.1, 0.15) is 0 Å². The molecular weight excluding hydrogens is 239 g/mol. The molecule has 0 aromatic rings. The van der Waals surface area contributed by atoms with Crippen LogP contribution in [0.3, 0.4) is 0 Å². The van der Waals surface area contributed by atoms with Gasteiger partial charge in [-0.1, -0.05) is 49.9 Å². The second-order valence-electron chi connectivity index (χ2n) is 4.97. The Morgan fingerprint density at radius 3 is 2.06 bits per heavy atom. The first-order chi connectivity index (χ1) is 7.84. The first-order valence-electron chi connectivity index (χ1n) is 6.67. The Labute approximate surface area is 104 Å². The molecule has 2 aliphatic rings. The summed E-state index contributed by atoms with van der Waals surface area (Å²) in [5.41, 5.74) is 0. The van der Waals surface area contributed by atoms with Crippen LogP contribution in [0.1, 0.15) is 64.2 Å². The Kier molecular flexibility index (Phi) is 5.92. The molecule has 0 aromatic heterocycles. The van der Waals surface area contributed by atoms with E-state index in [-0.39, 0.29) is 0 Å². The maximum absolute atomic E-state index is 9.96. The number of hydrogen-bond acceptors (Lipinski definition) is 3. The lowest BCUT2D eigenvalue weighted by Crippen LogP contribution is -2.14. The molecule has 0 aliphatic heterocycles. The van der Waals surface area contributed by atoms with Crippen molar-refractivity contribution in [3.63, 3.8) is 0 Å². The second-order valence-corrected chi connectivity index (χ2v) is 8.10. The van der Waals surface area contributed by atoms with Crippen molar-refractivity contribution in [3.8, 4) is 0 Å². The number of hydrogen-bond donors (Lipinski definition) is 1. The highest BCUT2D eigenvalue weighted by molar-refractivity contribution is 8.52. The molecule has 2 saturated carbocycles. The molecule has 0 heterocycles. The zero-order chi connectivity index (χ0) is 11.2. The molecule has 2 aliphatic carbocycles. The van der Waals surface area contributed by atoms with Gasteiger partial charge in [0.25, 0.3) is 0 Å². The van der Waals surface area contributed by atoms with Gasteiger partial charge in [0.15, 0.2) is 0 Å². The molecule has 0 radical (unpaired) electrons. The standard InChI is InChI=1S/C12H23O2PS/c13-15(14-11-7-3-1-4-8-11)16-12-9-5-2-6-10-12/h11-13H,1-10H2. The maximum atomic E-state index is 9.96. The summed E-state index contributed by atoms with van der Waals surface area (Å²) in [5.74, 6) is 0. The van der Waals surface area contributed by atoms with E-state index in [0.29, 0.717) is 11.4 Å². The van der Waals surface area contributed by atoms with Gasteiger partial charge >= 0.3 is 0 Å². The van der Waals surface area contributed by atoms with E-state index in [0.717, 1.165) is 12.8 Å². The minimum Gasteiger partial charge on any atom is -0.342 e. The molecule has 1 atom stereocenters. The predicted molar refractivity (Wildman–Crippen MR) is 71.6 cm³/mol. The van der Waals surface area contributed by atoms with Crippen molar-refractivity contribution in [2.24, 2.45) is 0 Å². The van der Waals surface area contributed by atoms with Crippen LogP contribution in [0.15, 0.2) is 0 Å². The summed E-state index contributed by atoms with van der Waals surface area (Å²) in [6, 6.07) is 0. The molecule has 1 unspecified atom stereocenters. The Balaban J connectivity index is 1.64. The van der Waals surface area contributed by atoms with Crippen LogP contribution in [0.25, 0.3) is 0 Å². The van der Waals surface area contributed by atoms with Gasteiger partial charge in [-0.05, 0) is 25.7 Å². The predicted octanol–water partition coefficient (Wildman–Crippen LogP) is 4.62. The number of rotatable bonds is 4. The third-order valence-electron chi connectivity index (χ3n) is 3.58. The third kappa shape index (κ3) is 4.52. The quantitative estimate of drug-likeness (QED) is 0.749. The fourth-order valence-electron chi connectivity index (χ4n) is 2.62. The van der Waals surface area contributed by atoms with Crippen molar-refractivity contribution in [1.29, 1.82) is 0 Å². The highest BCUT2D eigenvalue weighted by Crippen LogP contribution is 2.53. The van der Waals surface area contributed by atoms with Crippen LogP contribution in [-0.4, -0.2) is 16.2 Å².